The van der Waals surface area contributed by atoms with Gasteiger partial charge in [-0.25, -0.2) is 4.39 Å². The van der Waals surface area contributed by atoms with Crippen LogP contribution in [0, 0.1) is 15.9 Å². The van der Waals surface area contributed by atoms with Gasteiger partial charge in [0.05, 0.1) is 11.0 Å². The number of nitro groups is 1. The van der Waals surface area contributed by atoms with Crippen molar-refractivity contribution in [2.75, 3.05) is 5.32 Å². The summed E-state index contributed by atoms with van der Waals surface area (Å²) in [6, 6.07) is 3.56. The van der Waals surface area contributed by atoms with Gasteiger partial charge in [0.1, 0.15) is 11.5 Å². The van der Waals surface area contributed by atoms with Gasteiger partial charge in [0.2, 0.25) is 0 Å². The molecular weight excluding hydrogens is 223 g/mol. The van der Waals surface area contributed by atoms with Gasteiger partial charge >= 0.3 is 0 Å². The van der Waals surface area contributed by atoms with Crippen LogP contribution in [0.25, 0.3) is 0 Å². The summed E-state index contributed by atoms with van der Waals surface area (Å²) in [5, 5.41) is 13.9. The van der Waals surface area contributed by atoms with E-state index in [-0.39, 0.29) is 11.2 Å². The Labute approximate surface area is 100.0 Å². The van der Waals surface area contributed by atoms with Crippen LogP contribution in [-0.2, 0) is 0 Å². The number of hydrogen-bond acceptors (Lipinski definition) is 3. The average Bonchev–Trinajstić information content (AvgIpc) is 2.20. The minimum atomic E-state index is -0.601. The minimum Gasteiger partial charge on any atom is -0.375 e. The molecule has 0 heterocycles. The molecule has 0 aliphatic heterocycles. The zero-order valence-electron chi connectivity index (χ0n) is 10.3. The lowest BCUT2D eigenvalue weighted by Gasteiger charge is -2.26. The van der Waals surface area contributed by atoms with Gasteiger partial charge in [-0.2, -0.15) is 0 Å². The largest absolute Gasteiger partial charge is 0.375 e. The van der Waals surface area contributed by atoms with E-state index in [1.54, 1.807) is 0 Å². The third-order valence-electron chi connectivity index (χ3n) is 2.50. The second-order valence-electron chi connectivity index (χ2n) is 4.68. The summed E-state index contributed by atoms with van der Waals surface area (Å²) in [4.78, 5) is 10.2. The van der Waals surface area contributed by atoms with Crippen LogP contribution in [0.3, 0.4) is 0 Å². The molecule has 0 fully saturated rings. The normalized spacial score (nSPS) is 11.3. The van der Waals surface area contributed by atoms with Crippen LogP contribution in [0.2, 0.25) is 0 Å². The Kier molecular flexibility index (Phi) is 4.04. The van der Waals surface area contributed by atoms with Crippen LogP contribution in [0.15, 0.2) is 18.2 Å². The Morgan fingerprint density at radius 1 is 1.47 bits per heavy atom. The number of rotatable bonds is 5. The molecule has 5 heteroatoms. The third-order valence-corrected chi connectivity index (χ3v) is 2.50. The molecule has 0 radical (unpaired) electrons. The molecule has 94 valence electrons. The molecule has 0 spiro atoms. The first-order chi connectivity index (χ1) is 7.85. The van der Waals surface area contributed by atoms with Gasteiger partial charge in [0, 0.05) is 5.54 Å². The second-order valence-corrected chi connectivity index (χ2v) is 4.68. The molecule has 0 atom stereocenters. The predicted octanol–water partition coefficient (Wildman–Crippen LogP) is 3.72. The summed E-state index contributed by atoms with van der Waals surface area (Å²) >= 11 is 0. The van der Waals surface area contributed by atoms with Crippen LogP contribution in [0.5, 0.6) is 0 Å². The van der Waals surface area contributed by atoms with E-state index < -0.39 is 10.7 Å². The van der Waals surface area contributed by atoms with Crippen molar-refractivity contribution in [3.63, 3.8) is 0 Å². The molecular formula is C12H17FN2O2. The summed E-state index contributed by atoms with van der Waals surface area (Å²) in [5.41, 5.74) is -0.124. The molecule has 0 saturated heterocycles. The van der Waals surface area contributed by atoms with Crippen molar-refractivity contribution in [2.45, 2.75) is 39.2 Å². The van der Waals surface area contributed by atoms with Gasteiger partial charge in [-0.05, 0) is 32.4 Å². The predicted molar refractivity (Wildman–Crippen MR) is 65.7 cm³/mol. The first-order valence-corrected chi connectivity index (χ1v) is 5.58. The number of benzene rings is 1. The molecule has 1 aromatic carbocycles. The highest BCUT2D eigenvalue weighted by Gasteiger charge is 2.22. The van der Waals surface area contributed by atoms with Gasteiger partial charge in [0.25, 0.3) is 5.69 Å². The van der Waals surface area contributed by atoms with Crippen molar-refractivity contribution in [3.8, 4) is 0 Å². The Morgan fingerprint density at radius 2 is 2.12 bits per heavy atom. The van der Waals surface area contributed by atoms with Gasteiger partial charge in [-0.15, -0.1) is 0 Å². The lowest BCUT2D eigenvalue weighted by molar-refractivity contribution is -0.384. The van der Waals surface area contributed by atoms with E-state index >= 15 is 0 Å². The minimum absolute atomic E-state index is 0.228. The van der Waals surface area contributed by atoms with Gasteiger partial charge < -0.3 is 5.32 Å². The first-order valence-electron chi connectivity index (χ1n) is 5.58. The first kappa shape index (κ1) is 13.4. The smallest absolute Gasteiger partial charge is 0.295 e. The zero-order chi connectivity index (χ0) is 13.1. The van der Waals surface area contributed by atoms with Crippen LogP contribution in [-0.4, -0.2) is 10.5 Å². The molecule has 1 aromatic rings. The molecule has 0 saturated carbocycles. The number of hydrogen-bond donors (Lipinski definition) is 1. The lowest BCUT2D eigenvalue weighted by Crippen LogP contribution is -2.30. The van der Waals surface area contributed by atoms with Crippen LogP contribution < -0.4 is 5.32 Å². The zero-order valence-corrected chi connectivity index (χ0v) is 10.3. The maximum atomic E-state index is 13.0. The van der Waals surface area contributed by atoms with Gasteiger partial charge in [-0.3, -0.25) is 10.1 Å². The monoisotopic (exact) mass is 240 g/mol. The lowest BCUT2D eigenvalue weighted by atomic mass is 9.98. The molecule has 0 aliphatic carbocycles. The molecule has 4 nitrogen and oxygen atoms in total. The van der Waals surface area contributed by atoms with Crippen molar-refractivity contribution in [1.82, 2.24) is 0 Å². The number of nitrogens with zero attached hydrogens (tertiary/aromatic N) is 1. The fourth-order valence-corrected chi connectivity index (χ4v) is 1.81. The summed E-state index contributed by atoms with van der Waals surface area (Å²) in [7, 11) is 0. The Bertz CT molecular complexity index is 419. The highest BCUT2D eigenvalue weighted by atomic mass is 19.1. The van der Waals surface area contributed by atoms with Crippen LogP contribution in [0.1, 0.15) is 33.6 Å². The maximum absolute atomic E-state index is 13.0. The molecule has 1 N–H and O–H groups in total. The molecule has 0 unspecified atom stereocenters. The SMILES string of the molecule is CCCC(C)(C)Nc1ccc(F)cc1[N+](=O)[O-]. The topological polar surface area (TPSA) is 55.2 Å². The van der Waals surface area contributed by atoms with E-state index in [9.17, 15) is 14.5 Å². The maximum Gasteiger partial charge on any atom is 0.295 e. The number of anilines is 1. The van der Waals surface area contributed by atoms with Gasteiger partial charge in [-0.1, -0.05) is 13.3 Å². The van der Waals surface area contributed by atoms with Gasteiger partial charge in [0.15, 0.2) is 0 Å². The van der Waals surface area contributed by atoms with E-state index in [0.717, 1.165) is 18.9 Å². The van der Waals surface area contributed by atoms with E-state index in [2.05, 4.69) is 5.32 Å². The van der Waals surface area contributed by atoms with Crippen molar-refractivity contribution in [3.05, 3.63) is 34.1 Å². The summed E-state index contributed by atoms with van der Waals surface area (Å²) in [6.45, 7) is 5.97. The molecule has 0 amide bonds. The average molecular weight is 240 g/mol. The highest BCUT2D eigenvalue weighted by Crippen LogP contribution is 2.29. The fourth-order valence-electron chi connectivity index (χ4n) is 1.81. The van der Waals surface area contributed by atoms with Crippen LogP contribution in [0.4, 0.5) is 15.8 Å². The number of nitrogens with one attached hydrogen (secondary N) is 1. The standard InChI is InChI=1S/C12H17FN2O2/c1-4-7-12(2,3)14-10-6-5-9(13)8-11(10)15(16)17/h5-6,8,14H,4,7H2,1-3H3. The third kappa shape index (κ3) is 3.69. The van der Waals surface area contributed by atoms with Crippen molar-refractivity contribution in [1.29, 1.82) is 0 Å². The van der Waals surface area contributed by atoms with E-state index in [0.29, 0.717) is 5.69 Å². The molecule has 0 aromatic heterocycles. The fraction of sp³-hybridized carbons (Fsp3) is 0.500. The summed E-state index contributed by atoms with van der Waals surface area (Å²) in [5.74, 6) is -0.601. The summed E-state index contributed by atoms with van der Waals surface area (Å²) < 4.78 is 13.0. The summed E-state index contributed by atoms with van der Waals surface area (Å²) in [6.07, 6.45) is 1.84. The van der Waals surface area contributed by atoms with Crippen molar-refractivity contribution in [2.24, 2.45) is 0 Å². The molecule has 17 heavy (non-hydrogen) atoms. The second kappa shape index (κ2) is 5.12. The van der Waals surface area contributed by atoms with E-state index in [4.69, 9.17) is 0 Å². The van der Waals surface area contributed by atoms with Crippen molar-refractivity contribution < 1.29 is 9.31 Å². The number of nitro benzene ring substituents is 1. The highest BCUT2D eigenvalue weighted by molar-refractivity contribution is 5.62. The quantitative estimate of drug-likeness (QED) is 0.630. The molecule has 0 aliphatic rings. The number of halogens is 1. The molecule has 1 rings (SSSR count). The van der Waals surface area contributed by atoms with Crippen LogP contribution >= 0.6 is 0 Å². The van der Waals surface area contributed by atoms with E-state index in [1.807, 2.05) is 20.8 Å². The Morgan fingerprint density at radius 3 is 2.65 bits per heavy atom. The van der Waals surface area contributed by atoms with Crippen molar-refractivity contribution >= 4 is 11.4 Å². The molecule has 0 bridgehead atoms. The Balaban J connectivity index is 3.02. The van der Waals surface area contributed by atoms with E-state index in [1.165, 1.54) is 12.1 Å². The Hall–Kier alpha value is -1.65.